The molecular weight excluding hydrogens is 269 g/mol. The van der Waals surface area contributed by atoms with Crippen LogP contribution in [-0.2, 0) is 6.61 Å². The molecule has 0 aromatic heterocycles. The normalized spacial score (nSPS) is 11.8. The fourth-order valence-electron chi connectivity index (χ4n) is 2.06. The lowest BCUT2D eigenvalue weighted by Gasteiger charge is -2.14. The highest BCUT2D eigenvalue weighted by Crippen LogP contribution is 2.27. The van der Waals surface area contributed by atoms with E-state index < -0.39 is 11.9 Å². The van der Waals surface area contributed by atoms with Crippen molar-refractivity contribution in [2.24, 2.45) is 0 Å². The van der Waals surface area contributed by atoms with E-state index in [4.69, 9.17) is 10.00 Å². The standard InChI is InChI=1S/C17H16FNO2/c1-11-7-13(9-19)3-4-14(11)10-21-17-8-15(18)5-6-16(17)12(2)20/h3-8,12,20H,10H2,1-2H3/t12-/m1/s1. The number of ether oxygens (including phenoxy) is 1. The van der Waals surface area contributed by atoms with E-state index in [-0.39, 0.29) is 6.61 Å². The Morgan fingerprint density at radius 2 is 2.05 bits per heavy atom. The van der Waals surface area contributed by atoms with Crippen LogP contribution in [0.2, 0.25) is 0 Å². The van der Waals surface area contributed by atoms with Gasteiger partial charge in [0, 0.05) is 11.6 Å². The molecule has 2 aromatic rings. The van der Waals surface area contributed by atoms with Gasteiger partial charge in [-0.1, -0.05) is 6.07 Å². The highest BCUT2D eigenvalue weighted by atomic mass is 19.1. The monoisotopic (exact) mass is 285 g/mol. The van der Waals surface area contributed by atoms with E-state index in [1.54, 1.807) is 19.1 Å². The maximum Gasteiger partial charge on any atom is 0.128 e. The fourth-order valence-corrected chi connectivity index (χ4v) is 2.06. The van der Waals surface area contributed by atoms with E-state index in [2.05, 4.69) is 6.07 Å². The van der Waals surface area contributed by atoms with E-state index >= 15 is 0 Å². The summed E-state index contributed by atoms with van der Waals surface area (Å²) in [5.74, 6) is -0.0836. The van der Waals surface area contributed by atoms with Crippen molar-refractivity contribution in [1.82, 2.24) is 0 Å². The summed E-state index contributed by atoms with van der Waals surface area (Å²) in [5.41, 5.74) is 2.98. The van der Waals surface area contributed by atoms with Gasteiger partial charge in [0.05, 0.1) is 17.7 Å². The minimum absolute atomic E-state index is 0.251. The van der Waals surface area contributed by atoms with Gasteiger partial charge >= 0.3 is 0 Å². The highest BCUT2D eigenvalue weighted by molar-refractivity contribution is 5.39. The van der Waals surface area contributed by atoms with Gasteiger partial charge in [-0.2, -0.15) is 5.26 Å². The Kier molecular flexibility index (Phi) is 4.56. The van der Waals surface area contributed by atoms with Crippen LogP contribution in [0.1, 0.15) is 35.3 Å². The van der Waals surface area contributed by atoms with Crippen molar-refractivity contribution >= 4 is 0 Å². The van der Waals surface area contributed by atoms with E-state index in [1.165, 1.54) is 18.2 Å². The third-order valence-electron chi connectivity index (χ3n) is 3.28. The average molecular weight is 285 g/mol. The first-order valence-corrected chi connectivity index (χ1v) is 6.61. The van der Waals surface area contributed by atoms with Crippen LogP contribution in [-0.4, -0.2) is 5.11 Å². The smallest absolute Gasteiger partial charge is 0.128 e. The zero-order chi connectivity index (χ0) is 15.4. The lowest BCUT2D eigenvalue weighted by atomic mass is 10.1. The molecule has 2 rings (SSSR count). The molecule has 0 aliphatic rings. The van der Waals surface area contributed by atoms with Gasteiger partial charge in [0.15, 0.2) is 0 Å². The van der Waals surface area contributed by atoms with Crippen molar-refractivity contribution in [3.8, 4) is 11.8 Å². The molecule has 0 unspecified atom stereocenters. The minimum atomic E-state index is -0.734. The summed E-state index contributed by atoms with van der Waals surface area (Å²) in [6, 6.07) is 11.5. The first-order valence-electron chi connectivity index (χ1n) is 6.61. The summed E-state index contributed by atoms with van der Waals surface area (Å²) in [6.45, 7) is 3.74. The molecule has 0 amide bonds. The molecule has 21 heavy (non-hydrogen) atoms. The van der Waals surface area contributed by atoms with Crippen LogP contribution in [0.25, 0.3) is 0 Å². The van der Waals surface area contributed by atoms with E-state index in [0.717, 1.165) is 11.1 Å². The van der Waals surface area contributed by atoms with Crippen LogP contribution in [0.3, 0.4) is 0 Å². The molecule has 1 N–H and O–H groups in total. The molecule has 0 bridgehead atoms. The largest absolute Gasteiger partial charge is 0.488 e. The van der Waals surface area contributed by atoms with Crippen LogP contribution < -0.4 is 4.74 Å². The number of halogens is 1. The second-order valence-corrected chi connectivity index (χ2v) is 4.90. The van der Waals surface area contributed by atoms with Gasteiger partial charge in [0.25, 0.3) is 0 Å². The average Bonchev–Trinajstić information content (AvgIpc) is 2.45. The maximum absolute atomic E-state index is 13.3. The Morgan fingerprint density at radius 1 is 1.29 bits per heavy atom. The van der Waals surface area contributed by atoms with Crippen molar-refractivity contribution in [2.75, 3.05) is 0 Å². The number of hydrogen-bond donors (Lipinski definition) is 1. The molecule has 0 saturated heterocycles. The van der Waals surface area contributed by atoms with Crippen molar-refractivity contribution in [2.45, 2.75) is 26.6 Å². The summed E-state index contributed by atoms with van der Waals surface area (Å²) in [4.78, 5) is 0. The minimum Gasteiger partial charge on any atom is -0.488 e. The SMILES string of the molecule is Cc1cc(C#N)ccc1COc1cc(F)ccc1[C@@H](C)O. The molecule has 0 radical (unpaired) electrons. The number of aliphatic hydroxyl groups is 1. The number of aryl methyl sites for hydroxylation is 1. The highest BCUT2D eigenvalue weighted by Gasteiger charge is 2.11. The Hall–Kier alpha value is -2.38. The molecule has 108 valence electrons. The molecule has 0 saturated carbocycles. The Bertz CT molecular complexity index is 690. The van der Waals surface area contributed by atoms with Gasteiger partial charge in [-0.05, 0) is 49.2 Å². The summed E-state index contributed by atoms with van der Waals surface area (Å²) in [6.07, 6.45) is -0.734. The van der Waals surface area contributed by atoms with Crippen LogP contribution >= 0.6 is 0 Å². The molecule has 2 aromatic carbocycles. The summed E-state index contributed by atoms with van der Waals surface area (Å²) in [7, 11) is 0. The first-order chi connectivity index (χ1) is 10.0. The van der Waals surface area contributed by atoms with E-state index in [1.807, 2.05) is 13.0 Å². The van der Waals surface area contributed by atoms with E-state index in [9.17, 15) is 9.50 Å². The van der Waals surface area contributed by atoms with Gasteiger partial charge in [-0.15, -0.1) is 0 Å². The van der Waals surface area contributed by atoms with Gasteiger partial charge in [-0.3, -0.25) is 0 Å². The molecule has 0 aliphatic carbocycles. The number of benzene rings is 2. The number of nitrogens with zero attached hydrogens (tertiary/aromatic N) is 1. The second kappa shape index (κ2) is 6.38. The van der Waals surface area contributed by atoms with Crippen molar-refractivity contribution in [3.05, 3.63) is 64.5 Å². The lowest BCUT2D eigenvalue weighted by molar-refractivity contribution is 0.189. The van der Waals surface area contributed by atoms with E-state index in [0.29, 0.717) is 16.9 Å². The van der Waals surface area contributed by atoms with Crippen molar-refractivity contribution in [1.29, 1.82) is 5.26 Å². The predicted molar refractivity (Wildman–Crippen MR) is 77.3 cm³/mol. The molecule has 0 spiro atoms. The maximum atomic E-state index is 13.3. The van der Waals surface area contributed by atoms with Crippen LogP contribution in [0, 0.1) is 24.1 Å². The van der Waals surface area contributed by atoms with Gasteiger partial charge in [0.1, 0.15) is 18.2 Å². The topological polar surface area (TPSA) is 53.2 Å². The third-order valence-corrected chi connectivity index (χ3v) is 3.28. The Labute approximate surface area is 123 Å². The first kappa shape index (κ1) is 15.0. The van der Waals surface area contributed by atoms with Gasteiger partial charge in [-0.25, -0.2) is 4.39 Å². The Morgan fingerprint density at radius 3 is 2.67 bits per heavy atom. The molecule has 0 aliphatic heterocycles. The number of aliphatic hydroxyl groups excluding tert-OH is 1. The number of nitriles is 1. The molecule has 1 atom stereocenters. The lowest BCUT2D eigenvalue weighted by Crippen LogP contribution is -2.03. The van der Waals surface area contributed by atoms with Crippen molar-refractivity contribution in [3.63, 3.8) is 0 Å². The molecular formula is C17H16FNO2. The summed E-state index contributed by atoms with van der Waals surface area (Å²) < 4.78 is 19.0. The zero-order valence-corrected chi connectivity index (χ0v) is 11.9. The fraction of sp³-hybridized carbons (Fsp3) is 0.235. The quantitative estimate of drug-likeness (QED) is 0.933. The van der Waals surface area contributed by atoms with Crippen LogP contribution in [0.5, 0.6) is 5.75 Å². The Balaban J connectivity index is 2.20. The number of hydrogen-bond acceptors (Lipinski definition) is 3. The summed E-state index contributed by atoms with van der Waals surface area (Å²) in [5, 5.41) is 18.5. The van der Waals surface area contributed by atoms with Gasteiger partial charge < -0.3 is 9.84 Å². The molecule has 4 heteroatoms. The summed E-state index contributed by atoms with van der Waals surface area (Å²) >= 11 is 0. The van der Waals surface area contributed by atoms with Gasteiger partial charge in [0.2, 0.25) is 0 Å². The van der Waals surface area contributed by atoms with Crippen LogP contribution in [0.15, 0.2) is 36.4 Å². The predicted octanol–water partition coefficient (Wildman–Crippen LogP) is 3.64. The van der Waals surface area contributed by atoms with Crippen LogP contribution in [0.4, 0.5) is 4.39 Å². The number of rotatable bonds is 4. The molecule has 3 nitrogen and oxygen atoms in total. The van der Waals surface area contributed by atoms with Crippen molar-refractivity contribution < 1.29 is 14.2 Å². The zero-order valence-electron chi connectivity index (χ0n) is 11.9. The second-order valence-electron chi connectivity index (χ2n) is 4.90. The third kappa shape index (κ3) is 3.59. The molecule has 0 fully saturated rings. The molecule has 0 heterocycles.